The molecule has 0 atom stereocenters. The van der Waals surface area contributed by atoms with Crippen molar-refractivity contribution in [3.63, 3.8) is 0 Å². The molecule has 1 saturated carbocycles. The fraction of sp³-hybridized carbons (Fsp3) is 0.917. The lowest BCUT2D eigenvalue weighted by Crippen LogP contribution is -2.20. The Morgan fingerprint density at radius 2 is 1.93 bits per heavy atom. The van der Waals surface area contributed by atoms with Crippen LogP contribution in [0.5, 0.6) is 0 Å². The van der Waals surface area contributed by atoms with Gasteiger partial charge in [-0.1, -0.05) is 33.1 Å². The van der Waals surface area contributed by atoms with Crippen LogP contribution in [0.2, 0.25) is 0 Å². The Labute approximate surface area is 92.1 Å². The third-order valence-corrected chi connectivity index (χ3v) is 2.86. The van der Waals surface area contributed by atoms with Gasteiger partial charge < -0.3 is 0 Å². The number of hydrogen-bond donors (Lipinski definition) is 0. The molecule has 0 aromatic carbocycles. The minimum Gasteiger partial charge on any atom is -0.298 e. The van der Waals surface area contributed by atoms with Crippen molar-refractivity contribution < 1.29 is 14.6 Å². The van der Waals surface area contributed by atoms with E-state index in [1.54, 1.807) is 0 Å². The van der Waals surface area contributed by atoms with Crippen molar-refractivity contribution in [2.24, 2.45) is 11.8 Å². The fourth-order valence-electron chi connectivity index (χ4n) is 1.79. The summed E-state index contributed by atoms with van der Waals surface area (Å²) in [4.78, 5) is 21.2. The summed E-state index contributed by atoms with van der Waals surface area (Å²) in [6.45, 7) is 4.74. The Bertz CT molecular complexity index is 183. The van der Waals surface area contributed by atoms with Crippen molar-refractivity contribution in [3.8, 4) is 0 Å². The van der Waals surface area contributed by atoms with Crippen LogP contribution in [0.4, 0.5) is 0 Å². The van der Waals surface area contributed by atoms with Crippen molar-refractivity contribution in [3.05, 3.63) is 0 Å². The summed E-state index contributed by atoms with van der Waals surface area (Å²) < 4.78 is 0. The molecule has 88 valence electrons. The molecular formula is C12H22O3. The number of rotatable bonds is 5. The maximum atomic E-state index is 11.5. The van der Waals surface area contributed by atoms with Gasteiger partial charge in [-0.05, 0) is 25.2 Å². The minimum absolute atomic E-state index is 0.0813. The quantitative estimate of drug-likeness (QED) is 0.401. The van der Waals surface area contributed by atoms with Crippen LogP contribution in [0.1, 0.15) is 52.4 Å². The molecule has 0 aromatic heterocycles. The molecule has 3 nitrogen and oxygen atoms in total. The predicted octanol–water partition coefficient (Wildman–Crippen LogP) is 3.09. The first-order valence-electron chi connectivity index (χ1n) is 6.03. The van der Waals surface area contributed by atoms with Gasteiger partial charge in [0.25, 0.3) is 0 Å². The van der Waals surface area contributed by atoms with Crippen LogP contribution in [0, 0.1) is 11.8 Å². The standard InChI is InChI=1S/C12H22O3/c1-10(2)8-9-14-15-12(13)11-6-4-3-5-7-11/h10-11H,3-9H2,1-2H3. The number of hydrogen-bond acceptors (Lipinski definition) is 3. The molecule has 0 heterocycles. The molecule has 0 spiro atoms. The van der Waals surface area contributed by atoms with Crippen LogP contribution < -0.4 is 0 Å². The van der Waals surface area contributed by atoms with Gasteiger partial charge in [0.05, 0.1) is 12.5 Å². The van der Waals surface area contributed by atoms with Crippen molar-refractivity contribution in [2.45, 2.75) is 52.4 Å². The lowest BCUT2D eigenvalue weighted by atomic mass is 9.89. The van der Waals surface area contributed by atoms with Gasteiger partial charge in [0.1, 0.15) is 0 Å². The van der Waals surface area contributed by atoms with E-state index >= 15 is 0 Å². The van der Waals surface area contributed by atoms with E-state index in [0.29, 0.717) is 12.5 Å². The molecule has 0 amide bonds. The van der Waals surface area contributed by atoms with Crippen LogP contribution >= 0.6 is 0 Å². The average Bonchev–Trinajstić information content (AvgIpc) is 2.25. The highest BCUT2D eigenvalue weighted by Crippen LogP contribution is 2.24. The first-order chi connectivity index (χ1) is 7.20. The summed E-state index contributed by atoms with van der Waals surface area (Å²) in [5, 5.41) is 0. The Balaban J connectivity index is 2.07. The molecule has 1 fully saturated rings. The van der Waals surface area contributed by atoms with Crippen LogP contribution in [-0.2, 0) is 14.6 Å². The van der Waals surface area contributed by atoms with E-state index in [0.717, 1.165) is 32.1 Å². The van der Waals surface area contributed by atoms with E-state index in [-0.39, 0.29) is 11.9 Å². The van der Waals surface area contributed by atoms with Gasteiger partial charge in [0.15, 0.2) is 0 Å². The lowest BCUT2D eigenvalue weighted by Gasteiger charge is -2.18. The fourth-order valence-corrected chi connectivity index (χ4v) is 1.79. The van der Waals surface area contributed by atoms with Crippen LogP contribution in [0.25, 0.3) is 0 Å². The Hall–Kier alpha value is -0.570. The molecule has 0 saturated heterocycles. The van der Waals surface area contributed by atoms with Crippen molar-refractivity contribution in [1.29, 1.82) is 0 Å². The molecular weight excluding hydrogens is 192 g/mol. The molecule has 1 aliphatic rings. The van der Waals surface area contributed by atoms with Gasteiger partial charge in [-0.2, -0.15) is 4.89 Å². The van der Waals surface area contributed by atoms with E-state index in [2.05, 4.69) is 13.8 Å². The van der Waals surface area contributed by atoms with E-state index in [9.17, 15) is 4.79 Å². The molecule has 1 aliphatic carbocycles. The van der Waals surface area contributed by atoms with Gasteiger partial charge >= 0.3 is 5.97 Å². The van der Waals surface area contributed by atoms with Crippen molar-refractivity contribution in [1.82, 2.24) is 0 Å². The summed E-state index contributed by atoms with van der Waals surface area (Å²) in [5.74, 6) is 0.495. The van der Waals surface area contributed by atoms with Gasteiger partial charge in [-0.15, -0.1) is 0 Å². The highest BCUT2D eigenvalue weighted by molar-refractivity contribution is 5.71. The first-order valence-corrected chi connectivity index (χ1v) is 6.03. The van der Waals surface area contributed by atoms with Gasteiger partial charge in [-0.3, -0.25) is 4.89 Å². The largest absolute Gasteiger partial charge is 0.345 e. The molecule has 0 unspecified atom stereocenters. The van der Waals surface area contributed by atoms with E-state index in [1.165, 1.54) is 6.42 Å². The van der Waals surface area contributed by atoms with Crippen LogP contribution in [0.3, 0.4) is 0 Å². The minimum atomic E-state index is -0.168. The van der Waals surface area contributed by atoms with Gasteiger partial charge in [0.2, 0.25) is 0 Å². The monoisotopic (exact) mass is 214 g/mol. The molecule has 0 radical (unpaired) electrons. The van der Waals surface area contributed by atoms with Crippen molar-refractivity contribution >= 4 is 5.97 Å². The Morgan fingerprint density at radius 1 is 1.27 bits per heavy atom. The van der Waals surface area contributed by atoms with Crippen LogP contribution in [-0.4, -0.2) is 12.6 Å². The summed E-state index contributed by atoms with van der Waals surface area (Å²) in [6.07, 6.45) is 6.40. The summed E-state index contributed by atoms with van der Waals surface area (Å²) >= 11 is 0. The first kappa shape index (κ1) is 12.5. The molecule has 15 heavy (non-hydrogen) atoms. The van der Waals surface area contributed by atoms with E-state index in [4.69, 9.17) is 9.78 Å². The highest BCUT2D eigenvalue weighted by atomic mass is 17.2. The maximum absolute atomic E-state index is 11.5. The topological polar surface area (TPSA) is 35.5 Å². The zero-order valence-corrected chi connectivity index (χ0v) is 9.83. The SMILES string of the molecule is CC(C)CCOOC(=O)C1CCCCC1. The van der Waals surface area contributed by atoms with Gasteiger partial charge in [-0.25, -0.2) is 4.79 Å². The third-order valence-electron chi connectivity index (χ3n) is 2.86. The third kappa shape index (κ3) is 5.17. The van der Waals surface area contributed by atoms with Crippen LogP contribution in [0.15, 0.2) is 0 Å². The average molecular weight is 214 g/mol. The summed E-state index contributed by atoms with van der Waals surface area (Å²) in [7, 11) is 0. The maximum Gasteiger partial charge on any atom is 0.345 e. The second-order valence-electron chi connectivity index (χ2n) is 4.74. The smallest absolute Gasteiger partial charge is 0.298 e. The zero-order valence-electron chi connectivity index (χ0n) is 9.83. The van der Waals surface area contributed by atoms with Crippen molar-refractivity contribution in [2.75, 3.05) is 6.61 Å². The Kier molecular flexibility index (Phi) is 5.69. The second kappa shape index (κ2) is 6.83. The second-order valence-corrected chi connectivity index (χ2v) is 4.74. The molecule has 0 bridgehead atoms. The molecule has 1 rings (SSSR count). The molecule has 0 N–H and O–H groups in total. The number of carbonyl (C=O) groups excluding carboxylic acids is 1. The lowest BCUT2D eigenvalue weighted by molar-refractivity contribution is -0.277. The zero-order chi connectivity index (χ0) is 11.1. The summed E-state index contributed by atoms with van der Waals surface area (Å²) in [5.41, 5.74) is 0. The highest BCUT2D eigenvalue weighted by Gasteiger charge is 2.23. The predicted molar refractivity (Wildman–Crippen MR) is 58.1 cm³/mol. The van der Waals surface area contributed by atoms with Gasteiger partial charge in [0, 0.05) is 0 Å². The normalized spacial score (nSPS) is 18.1. The molecule has 0 aliphatic heterocycles. The summed E-state index contributed by atoms with van der Waals surface area (Å²) in [6, 6.07) is 0. The molecule has 0 aromatic rings. The Morgan fingerprint density at radius 3 is 2.53 bits per heavy atom. The van der Waals surface area contributed by atoms with E-state index in [1.807, 2.05) is 0 Å². The van der Waals surface area contributed by atoms with E-state index < -0.39 is 0 Å². The molecule has 3 heteroatoms. The number of carbonyl (C=O) groups is 1.